The number of thioether (sulfide) groups is 1. The number of nitrogens with zero attached hydrogens (tertiary/aromatic N) is 1. The summed E-state index contributed by atoms with van der Waals surface area (Å²) in [6, 6.07) is 11.3. The van der Waals surface area contributed by atoms with Crippen molar-refractivity contribution in [2.45, 2.75) is 10.6 Å². The highest BCUT2D eigenvalue weighted by Crippen LogP contribution is 2.33. The summed E-state index contributed by atoms with van der Waals surface area (Å²) in [6.45, 7) is 0. The zero-order valence-electron chi connectivity index (χ0n) is 10.7. The molecule has 0 bridgehead atoms. The van der Waals surface area contributed by atoms with Crippen molar-refractivity contribution in [3.8, 4) is 0 Å². The van der Waals surface area contributed by atoms with Crippen molar-refractivity contribution in [2.24, 2.45) is 0 Å². The predicted octanol–water partition coefficient (Wildman–Crippen LogP) is 4.35. The number of aromatic carboxylic acids is 1. The fourth-order valence-corrected chi connectivity index (χ4v) is 3.42. The fourth-order valence-electron chi connectivity index (χ4n) is 1.68. The standard InChI is InChI=1S/C14H10BrNO4S/c15-11-7-9(14(17)18)5-6-10(11)8-21-13-4-2-1-3-12(13)16(19)20/h1-7H,8H2,(H,17,18). The van der Waals surface area contributed by atoms with Gasteiger partial charge in [0.25, 0.3) is 5.69 Å². The van der Waals surface area contributed by atoms with Crippen molar-refractivity contribution < 1.29 is 14.8 Å². The second-order valence-electron chi connectivity index (χ2n) is 4.12. The predicted molar refractivity (Wildman–Crippen MR) is 83.8 cm³/mol. The average Bonchev–Trinajstić information content (AvgIpc) is 2.46. The number of para-hydroxylation sites is 1. The molecular weight excluding hydrogens is 358 g/mol. The quantitative estimate of drug-likeness (QED) is 0.482. The number of nitro groups is 1. The monoisotopic (exact) mass is 367 g/mol. The largest absolute Gasteiger partial charge is 0.478 e. The fraction of sp³-hybridized carbons (Fsp3) is 0.0714. The first-order chi connectivity index (χ1) is 9.99. The molecule has 1 N–H and O–H groups in total. The number of halogens is 1. The van der Waals surface area contributed by atoms with Crippen LogP contribution in [0.1, 0.15) is 15.9 Å². The molecule has 0 saturated carbocycles. The minimum Gasteiger partial charge on any atom is -0.478 e. The summed E-state index contributed by atoms with van der Waals surface area (Å²) in [6.07, 6.45) is 0. The molecular formula is C14H10BrNO4S. The van der Waals surface area contributed by atoms with Gasteiger partial charge in [0.2, 0.25) is 0 Å². The molecule has 2 aromatic carbocycles. The summed E-state index contributed by atoms with van der Waals surface area (Å²) < 4.78 is 0.675. The topological polar surface area (TPSA) is 80.4 Å². The van der Waals surface area contributed by atoms with Gasteiger partial charge in [-0.25, -0.2) is 4.79 Å². The molecule has 0 unspecified atom stereocenters. The molecule has 0 radical (unpaired) electrons. The van der Waals surface area contributed by atoms with E-state index < -0.39 is 10.9 Å². The van der Waals surface area contributed by atoms with Gasteiger partial charge in [-0.2, -0.15) is 0 Å². The summed E-state index contributed by atoms with van der Waals surface area (Å²) in [5, 5.41) is 19.8. The minimum atomic E-state index is -0.992. The third kappa shape index (κ3) is 3.83. The molecule has 0 atom stereocenters. The Kier molecular flexibility index (Phi) is 4.98. The first-order valence-electron chi connectivity index (χ1n) is 5.87. The second-order valence-corrected chi connectivity index (χ2v) is 6.00. The van der Waals surface area contributed by atoms with Gasteiger partial charge in [-0.15, -0.1) is 11.8 Å². The molecule has 2 aromatic rings. The van der Waals surface area contributed by atoms with Gasteiger partial charge in [0.1, 0.15) is 0 Å². The number of nitro benzene ring substituents is 1. The lowest BCUT2D eigenvalue weighted by molar-refractivity contribution is -0.387. The van der Waals surface area contributed by atoms with Crippen LogP contribution in [0.15, 0.2) is 51.8 Å². The van der Waals surface area contributed by atoms with Crippen LogP contribution in [0, 0.1) is 10.1 Å². The molecule has 7 heteroatoms. The van der Waals surface area contributed by atoms with Gasteiger partial charge < -0.3 is 5.11 Å². The van der Waals surface area contributed by atoms with Gasteiger partial charge in [0, 0.05) is 16.3 Å². The third-order valence-electron chi connectivity index (χ3n) is 2.75. The van der Waals surface area contributed by atoms with E-state index in [4.69, 9.17) is 5.11 Å². The van der Waals surface area contributed by atoms with Crippen molar-refractivity contribution in [3.63, 3.8) is 0 Å². The van der Waals surface area contributed by atoms with Gasteiger partial charge in [-0.3, -0.25) is 10.1 Å². The van der Waals surface area contributed by atoms with Gasteiger partial charge in [0.05, 0.1) is 15.4 Å². The van der Waals surface area contributed by atoms with Crippen LogP contribution >= 0.6 is 27.7 Å². The molecule has 0 aliphatic carbocycles. The summed E-state index contributed by atoms with van der Waals surface area (Å²) in [4.78, 5) is 22.0. The van der Waals surface area contributed by atoms with E-state index in [1.807, 2.05) is 0 Å². The minimum absolute atomic E-state index is 0.0702. The molecule has 5 nitrogen and oxygen atoms in total. The van der Waals surface area contributed by atoms with E-state index in [-0.39, 0.29) is 11.3 Å². The third-order valence-corrected chi connectivity index (χ3v) is 4.59. The van der Waals surface area contributed by atoms with Crippen LogP contribution in [0.25, 0.3) is 0 Å². The van der Waals surface area contributed by atoms with Crippen LogP contribution in [0.3, 0.4) is 0 Å². The van der Waals surface area contributed by atoms with Crippen molar-refractivity contribution in [1.29, 1.82) is 0 Å². The van der Waals surface area contributed by atoms with Gasteiger partial charge >= 0.3 is 5.97 Å². The highest BCUT2D eigenvalue weighted by molar-refractivity contribution is 9.10. The Morgan fingerprint density at radius 1 is 1.29 bits per heavy atom. The molecule has 0 spiro atoms. The van der Waals surface area contributed by atoms with Crippen LogP contribution in [-0.4, -0.2) is 16.0 Å². The van der Waals surface area contributed by atoms with Gasteiger partial charge in [-0.1, -0.05) is 34.1 Å². The van der Waals surface area contributed by atoms with E-state index in [1.165, 1.54) is 30.0 Å². The number of carbonyl (C=O) groups is 1. The Morgan fingerprint density at radius 2 is 2.00 bits per heavy atom. The summed E-state index contributed by atoms with van der Waals surface area (Å²) >= 11 is 4.66. The molecule has 0 amide bonds. The SMILES string of the molecule is O=C(O)c1ccc(CSc2ccccc2[N+](=O)[O-])c(Br)c1. The Balaban J connectivity index is 2.17. The lowest BCUT2D eigenvalue weighted by atomic mass is 10.1. The Labute approximate surface area is 133 Å². The Bertz CT molecular complexity index is 705. The van der Waals surface area contributed by atoms with Crippen LogP contribution in [0.4, 0.5) is 5.69 Å². The number of hydrogen-bond acceptors (Lipinski definition) is 4. The van der Waals surface area contributed by atoms with Gasteiger partial charge in [0.15, 0.2) is 0 Å². The molecule has 108 valence electrons. The Morgan fingerprint density at radius 3 is 2.62 bits per heavy atom. The van der Waals surface area contributed by atoms with Crippen LogP contribution in [0.2, 0.25) is 0 Å². The maximum absolute atomic E-state index is 10.9. The van der Waals surface area contributed by atoms with E-state index in [2.05, 4.69) is 15.9 Å². The smallest absolute Gasteiger partial charge is 0.335 e. The molecule has 0 saturated heterocycles. The zero-order valence-corrected chi connectivity index (χ0v) is 13.1. The second kappa shape index (κ2) is 6.73. The molecule has 0 aliphatic heterocycles. The zero-order chi connectivity index (χ0) is 15.4. The summed E-state index contributed by atoms with van der Waals surface area (Å²) in [5.41, 5.74) is 1.14. The lowest BCUT2D eigenvalue weighted by Crippen LogP contribution is -1.97. The number of hydrogen-bond donors (Lipinski definition) is 1. The van der Waals surface area contributed by atoms with Gasteiger partial charge in [-0.05, 0) is 23.8 Å². The van der Waals surface area contributed by atoms with Crippen molar-refractivity contribution in [1.82, 2.24) is 0 Å². The molecule has 0 aliphatic rings. The highest BCUT2D eigenvalue weighted by atomic mass is 79.9. The van der Waals surface area contributed by atoms with E-state index in [0.717, 1.165) is 5.56 Å². The molecule has 0 aromatic heterocycles. The normalized spacial score (nSPS) is 10.3. The summed E-state index contributed by atoms with van der Waals surface area (Å²) in [7, 11) is 0. The summed E-state index contributed by atoms with van der Waals surface area (Å²) in [5.74, 6) is -0.487. The molecule has 0 heterocycles. The molecule has 0 fully saturated rings. The molecule has 21 heavy (non-hydrogen) atoms. The first kappa shape index (κ1) is 15.5. The first-order valence-corrected chi connectivity index (χ1v) is 7.65. The number of benzene rings is 2. The number of carboxylic acids is 1. The van der Waals surface area contributed by atoms with Crippen molar-refractivity contribution in [2.75, 3.05) is 0 Å². The van der Waals surface area contributed by atoms with E-state index >= 15 is 0 Å². The highest BCUT2D eigenvalue weighted by Gasteiger charge is 2.14. The number of rotatable bonds is 5. The molecule has 2 rings (SSSR count). The maximum Gasteiger partial charge on any atom is 0.335 e. The van der Waals surface area contributed by atoms with Crippen LogP contribution in [0.5, 0.6) is 0 Å². The number of carboxylic acid groups (broad SMARTS) is 1. The van der Waals surface area contributed by atoms with E-state index in [9.17, 15) is 14.9 Å². The van der Waals surface area contributed by atoms with E-state index in [0.29, 0.717) is 15.1 Å². The maximum atomic E-state index is 10.9. The average molecular weight is 368 g/mol. The van der Waals surface area contributed by atoms with Crippen LogP contribution < -0.4 is 0 Å². The Hall–Kier alpha value is -1.86. The van der Waals surface area contributed by atoms with Crippen molar-refractivity contribution in [3.05, 3.63) is 68.2 Å². The van der Waals surface area contributed by atoms with Crippen LogP contribution in [-0.2, 0) is 5.75 Å². The lowest BCUT2D eigenvalue weighted by Gasteiger charge is -2.06. The van der Waals surface area contributed by atoms with Crippen molar-refractivity contribution >= 4 is 39.3 Å². The van der Waals surface area contributed by atoms with E-state index in [1.54, 1.807) is 24.3 Å².